The highest BCUT2D eigenvalue weighted by atomic mass is 127. The maximum atomic E-state index is 2.38. The van der Waals surface area contributed by atoms with E-state index in [1.165, 1.54) is 102 Å². The Labute approximate surface area is 217 Å². The van der Waals surface area contributed by atoms with Gasteiger partial charge in [0.1, 0.15) is 0 Å². The Morgan fingerprint density at radius 1 is 0.469 bits per heavy atom. The monoisotopic (exact) mass is 566 g/mol. The molecule has 0 fully saturated rings. The van der Waals surface area contributed by atoms with Crippen molar-refractivity contribution in [2.75, 3.05) is 12.3 Å². The summed E-state index contributed by atoms with van der Waals surface area (Å²) in [6.07, 6.45) is 22.6. The molecule has 0 aliphatic heterocycles. The first kappa shape index (κ1) is 29.6. The van der Waals surface area contributed by atoms with E-state index in [0.717, 1.165) is 0 Å². The van der Waals surface area contributed by atoms with Crippen molar-refractivity contribution in [3.05, 3.63) is 71.8 Å². The molecule has 0 saturated heterocycles. The van der Waals surface area contributed by atoms with E-state index >= 15 is 0 Å². The summed E-state index contributed by atoms with van der Waals surface area (Å²) in [5.41, 5.74) is 3.15. The van der Waals surface area contributed by atoms with Gasteiger partial charge in [-0.25, -0.2) is 0 Å². The fraction of sp³-hybridized carbons (Fsp3) is 0.600. The van der Waals surface area contributed by atoms with E-state index in [0.29, 0.717) is 0 Å². The lowest BCUT2D eigenvalue weighted by Crippen LogP contribution is -3.00. The summed E-state index contributed by atoms with van der Waals surface area (Å²) in [6.45, 7) is 4.63. The lowest BCUT2D eigenvalue weighted by atomic mass is 10.1. The SMILES string of the molecule is CCCCCCCC[P+](CCCCCCCC)(Cc1ccccc1)Cc1ccccc1.[I-]. The topological polar surface area (TPSA) is 0 Å². The largest absolute Gasteiger partial charge is 1.00 e. The van der Waals surface area contributed by atoms with Gasteiger partial charge in [-0.2, -0.15) is 0 Å². The first-order valence-corrected chi connectivity index (χ1v) is 15.7. The van der Waals surface area contributed by atoms with Gasteiger partial charge < -0.3 is 24.0 Å². The fourth-order valence-corrected chi connectivity index (χ4v) is 9.61. The molecule has 2 rings (SSSR count). The average Bonchev–Trinajstić information content (AvgIpc) is 2.80. The zero-order valence-electron chi connectivity index (χ0n) is 20.9. The molecule has 2 aromatic rings. The van der Waals surface area contributed by atoms with Gasteiger partial charge in [0.05, 0.1) is 24.6 Å². The minimum Gasteiger partial charge on any atom is -1.00 e. The third-order valence-electron chi connectivity index (χ3n) is 6.69. The van der Waals surface area contributed by atoms with Gasteiger partial charge in [0, 0.05) is 7.26 Å². The number of hydrogen-bond acceptors (Lipinski definition) is 0. The Balaban J connectivity index is 0.00000512. The van der Waals surface area contributed by atoms with Crippen LogP contribution in [0.15, 0.2) is 60.7 Å². The van der Waals surface area contributed by atoms with Crippen LogP contribution in [0.25, 0.3) is 0 Å². The lowest BCUT2D eigenvalue weighted by Gasteiger charge is -2.29. The predicted octanol–water partition coefficient (Wildman–Crippen LogP) is 7.13. The number of hydrogen-bond donors (Lipinski definition) is 0. The van der Waals surface area contributed by atoms with Crippen LogP contribution in [-0.4, -0.2) is 12.3 Å². The Kier molecular flexibility index (Phi) is 17.6. The van der Waals surface area contributed by atoms with Gasteiger partial charge in [-0.15, -0.1) is 0 Å². The molecule has 180 valence electrons. The second-order valence-electron chi connectivity index (χ2n) is 9.61. The molecule has 0 heterocycles. The molecular formula is C30H48IP. The molecule has 0 amide bonds. The van der Waals surface area contributed by atoms with Crippen molar-refractivity contribution in [2.45, 2.75) is 103 Å². The molecule has 0 aliphatic rings. The van der Waals surface area contributed by atoms with E-state index in [-0.39, 0.29) is 24.0 Å². The van der Waals surface area contributed by atoms with Crippen LogP contribution < -0.4 is 24.0 Å². The Morgan fingerprint density at radius 3 is 1.19 bits per heavy atom. The summed E-state index contributed by atoms with van der Waals surface area (Å²) in [5, 5.41) is 0. The summed E-state index contributed by atoms with van der Waals surface area (Å²) < 4.78 is 0. The Bertz CT molecular complexity index is 596. The van der Waals surface area contributed by atoms with E-state index in [9.17, 15) is 0 Å². The number of benzene rings is 2. The lowest BCUT2D eigenvalue weighted by molar-refractivity contribution is -0.00000678. The second-order valence-corrected chi connectivity index (χ2v) is 13.8. The van der Waals surface area contributed by atoms with Crippen molar-refractivity contribution < 1.29 is 24.0 Å². The highest BCUT2D eigenvalue weighted by Gasteiger charge is 2.36. The molecule has 0 aliphatic carbocycles. The van der Waals surface area contributed by atoms with Crippen LogP contribution in [0.4, 0.5) is 0 Å². The maximum Gasteiger partial charge on any atom is 0.0846 e. The minimum atomic E-state index is -1.05. The zero-order valence-corrected chi connectivity index (χ0v) is 24.0. The van der Waals surface area contributed by atoms with Gasteiger partial charge in [-0.3, -0.25) is 0 Å². The fourth-order valence-electron chi connectivity index (χ4n) is 4.88. The van der Waals surface area contributed by atoms with E-state index in [4.69, 9.17) is 0 Å². The molecule has 32 heavy (non-hydrogen) atoms. The molecule has 0 saturated carbocycles. The molecule has 0 atom stereocenters. The summed E-state index contributed by atoms with van der Waals surface area (Å²) in [7, 11) is -1.05. The van der Waals surface area contributed by atoms with Gasteiger partial charge >= 0.3 is 0 Å². The molecule has 0 N–H and O–H groups in total. The minimum absolute atomic E-state index is 0. The third kappa shape index (κ3) is 12.7. The van der Waals surface area contributed by atoms with E-state index in [2.05, 4.69) is 74.5 Å². The van der Waals surface area contributed by atoms with Gasteiger partial charge in [-0.1, -0.05) is 126 Å². The average molecular weight is 567 g/mol. The summed E-state index contributed by atoms with van der Waals surface area (Å²) in [6, 6.07) is 22.8. The van der Waals surface area contributed by atoms with Crippen molar-refractivity contribution in [3.63, 3.8) is 0 Å². The van der Waals surface area contributed by atoms with Gasteiger partial charge in [0.15, 0.2) is 0 Å². The van der Waals surface area contributed by atoms with Crippen molar-refractivity contribution in [1.82, 2.24) is 0 Å². The standard InChI is InChI=1S/C30H48P.HI/c1-3-5-7-9-11-19-25-31(26-20-12-10-8-6-4-2,27-29-21-15-13-16-22-29)28-30-23-17-14-18-24-30;/h13-18,21-24H,3-12,19-20,25-28H2,1-2H3;1H/q+1;/p-1. The first-order valence-electron chi connectivity index (χ1n) is 13.2. The molecule has 0 unspecified atom stereocenters. The van der Waals surface area contributed by atoms with Crippen LogP contribution in [0.3, 0.4) is 0 Å². The van der Waals surface area contributed by atoms with Crippen LogP contribution in [-0.2, 0) is 12.3 Å². The molecule has 2 heteroatoms. The molecule has 0 nitrogen and oxygen atoms in total. The molecular weight excluding hydrogens is 518 g/mol. The van der Waals surface area contributed by atoms with Gasteiger partial charge in [-0.05, 0) is 36.8 Å². The van der Waals surface area contributed by atoms with Crippen LogP contribution in [0, 0.1) is 0 Å². The molecule has 0 radical (unpaired) electrons. The summed E-state index contributed by atoms with van der Waals surface area (Å²) in [5.74, 6) is 0. The van der Waals surface area contributed by atoms with E-state index in [1.807, 2.05) is 0 Å². The van der Waals surface area contributed by atoms with Gasteiger partial charge in [0.2, 0.25) is 0 Å². The number of unbranched alkanes of at least 4 members (excludes halogenated alkanes) is 10. The molecule has 2 aromatic carbocycles. The normalized spacial score (nSPS) is 11.3. The van der Waals surface area contributed by atoms with Crippen molar-refractivity contribution >= 4 is 7.26 Å². The van der Waals surface area contributed by atoms with Crippen LogP contribution >= 0.6 is 7.26 Å². The molecule has 0 spiro atoms. The van der Waals surface area contributed by atoms with Crippen molar-refractivity contribution in [1.29, 1.82) is 0 Å². The van der Waals surface area contributed by atoms with Crippen LogP contribution in [0.5, 0.6) is 0 Å². The number of rotatable bonds is 18. The number of halogens is 1. The summed E-state index contributed by atoms with van der Waals surface area (Å²) in [4.78, 5) is 0. The quantitative estimate of drug-likeness (QED) is 0.102. The Hall–Kier alpha value is -0.400. The zero-order chi connectivity index (χ0) is 22.0. The molecule has 0 aromatic heterocycles. The molecule has 0 bridgehead atoms. The van der Waals surface area contributed by atoms with Crippen molar-refractivity contribution in [3.8, 4) is 0 Å². The highest BCUT2D eigenvalue weighted by molar-refractivity contribution is 7.74. The smallest absolute Gasteiger partial charge is 0.0846 e. The predicted molar refractivity (Wildman–Crippen MR) is 144 cm³/mol. The first-order chi connectivity index (χ1) is 15.3. The van der Waals surface area contributed by atoms with E-state index in [1.54, 1.807) is 11.1 Å². The van der Waals surface area contributed by atoms with Crippen LogP contribution in [0.2, 0.25) is 0 Å². The van der Waals surface area contributed by atoms with Crippen LogP contribution in [0.1, 0.15) is 102 Å². The van der Waals surface area contributed by atoms with E-state index < -0.39 is 7.26 Å². The summed E-state index contributed by atoms with van der Waals surface area (Å²) >= 11 is 0. The highest BCUT2D eigenvalue weighted by Crippen LogP contribution is 2.65. The Morgan fingerprint density at radius 2 is 0.812 bits per heavy atom. The van der Waals surface area contributed by atoms with Crippen molar-refractivity contribution in [2.24, 2.45) is 0 Å². The maximum absolute atomic E-state index is 2.38. The second kappa shape index (κ2) is 19.0. The van der Waals surface area contributed by atoms with Gasteiger partial charge in [0.25, 0.3) is 0 Å². The third-order valence-corrected chi connectivity index (χ3v) is 11.3.